The number of pyridine rings is 3. The first kappa shape index (κ1) is 64.9. The normalized spacial score (nSPS) is 22.1. The van der Waals surface area contributed by atoms with Crippen molar-refractivity contribution in [1.29, 1.82) is 0 Å². The highest BCUT2D eigenvalue weighted by atomic mass is 16.6. The van der Waals surface area contributed by atoms with Gasteiger partial charge in [0, 0.05) is 113 Å². The summed E-state index contributed by atoms with van der Waals surface area (Å²) in [5, 5.41) is 6.60. The number of nitrogens with one attached hydrogen (secondary N) is 3. The highest BCUT2D eigenvalue weighted by Gasteiger charge is 2.51. The molecule has 91 heavy (non-hydrogen) atoms. The van der Waals surface area contributed by atoms with E-state index in [-0.39, 0.29) is 59.7 Å². The van der Waals surface area contributed by atoms with Crippen molar-refractivity contribution in [3.05, 3.63) is 123 Å². The third-order valence-electron chi connectivity index (χ3n) is 19.7. The second-order valence-corrected chi connectivity index (χ2v) is 27.1. The Morgan fingerprint density at radius 3 is 2.25 bits per heavy atom. The summed E-state index contributed by atoms with van der Waals surface area (Å²) >= 11 is 0. The summed E-state index contributed by atoms with van der Waals surface area (Å²) in [4.78, 5) is 108. The number of nitrogens with zero attached hydrogens (tertiary/aromatic N) is 8. The van der Waals surface area contributed by atoms with Crippen LogP contribution in [0.3, 0.4) is 0 Å². The minimum atomic E-state index is -0.779. The average Bonchev–Trinajstić information content (AvgIpc) is 0.952. The predicted molar refractivity (Wildman–Crippen MR) is 347 cm³/mol. The number of ether oxygens (including phenoxy) is 4. The Hall–Kier alpha value is -7.62. The molecular formula is C70H93N11O10. The van der Waals surface area contributed by atoms with E-state index in [1.54, 1.807) is 52.3 Å². The Kier molecular flexibility index (Phi) is 20.3. The highest BCUT2D eigenvalue weighted by Crippen LogP contribution is 2.44. The van der Waals surface area contributed by atoms with Gasteiger partial charge in [0.2, 0.25) is 11.8 Å². The Bertz CT molecular complexity index is 3430. The van der Waals surface area contributed by atoms with Gasteiger partial charge in [-0.3, -0.25) is 43.7 Å². The van der Waals surface area contributed by atoms with Gasteiger partial charge in [-0.25, -0.2) is 9.78 Å². The van der Waals surface area contributed by atoms with Gasteiger partial charge in [-0.05, 0) is 151 Å². The predicted octanol–water partition coefficient (Wildman–Crippen LogP) is 8.09. The van der Waals surface area contributed by atoms with Gasteiger partial charge in [0.15, 0.2) is 0 Å². The topological polar surface area (TPSA) is 224 Å². The summed E-state index contributed by atoms with van der Waals surface area (Å²) in [7, 11) is 1.58. The molecule has 5 aliphatic heterocycles. The number of amides is 5. The molecule has 3 N–H and O–H groups in total. The number of rotatable bonds is 20. The fraction of sp³-hybridized carbons (Fsp3) is 0.571. The second-order valence-electron chi connectivity index (χ2n) is 27.1. The minimum Gasteiger partial charge on any atom is -0.497 e. The number of H-pyrrole nitrogens is 1. The van der Waals surface area contributed by atoms with Gasteiger partial charge in [0.25, 0.3) is 17.4 Å². The lowest BCUT2D eigenvalue weighted by Crippen LogP contribution is -2.66. The number of piperazine rings is 2. The van der Waals surface area contributed by atoms with Crippen LogP contribution in [0, 0.1) is 5.92 Å². The maximum Gasteiger partial charge on any atom is 0.411 e. The maximum atomic E-state index is 14.7. The zero-order chi connectivity index (χ0) is 63.9. The van der Waals surface area contributed by atoms with Crippen molar-refractivity contribution >= 4 is 46.4 Å². The lowest BCUT2D eigenvalue weighted by Gasteiger charge is -2.54. The van der Waals surface area contributed by atoms with E-state index in [1.807, 2.05) is 78.4 Å². The summed E-state index contributed by atoms with van der Waals surface area (Å²) < 4.78 is 23.9. The van der Waals surface area contributed by atoms with E-state index in [4.69, 9.17) is 18.9 Å². The number of anilines is 1. The van der Waals surface area contributed by atoms with Gasteiger partial charge in [0.1, 0.15) is 35.4 Å². The molecule has 2 atom stereocenters. The van der Waals surface area contributed by atoms with Gasteiger partial charge in [-0.2, -0.15) is 0 Å². The Morgan fingerprint density at radius 1 is 0.791 bits per heavy atom. The van der Waals surface area contributed by atoms with Gasteiger partial charge in [0.05, 0.1) is 60.9 Å². The monoisotopic (exact) mass is 1250 g/mol. The molecule has 3 aromatic heterocycles. The number of aromatic nitrogens is 3. The zero-order valence-corrected chi connectivity index (χ0v) is 54.2. The van der Waals surface area contributed by atoms with Crippen molar-refractivity contribution in [2.75, 3.05) is 104 Å². The fourth-order valence-corrected chi connectivity index (χ4v) is 14.4. The quantitative estimate of drug-likeness (QED) is 0.0670. The van der Waals surface area contributed by atoms with Crippen molar-refractivity contribution in [3.63, 3.8) is 0 Å². The number of methoxy groups -OCH3 is 1. The number of carbonyl (C=O) groups excluding carboxylic acids is 5. The SMILES string of the molecule is CCOc1cc(OC)ccc1CN(CC(=O)N1CCCC(c2cccc(C(=O)NC(C(=O)N3CCN(CC45CCC(NC(=O)c6ccc(N7CCN(Cc8cnc9cc(CC)c(=O)[nH]c9c8)CC7)cn6)(CC4)CO5)CC3)C3CCCCC3)c2)C1)C(=O)OC(C)(C)C. The molecule has 5 aromatic rings. The first-order valence-electron chi connectivity index (χ1n) is 33.3. The average molecular weight is 1250 g/mol. The third kappa shape index (κ3) is 15.8. The molecule has 2 unspecified atom stereocenters. The van der Waals surface area contributed by atoms with Crippen LogP contribution in [-0.4, -0.2) is 191 Å². The molecule has 21 nitrogen and oxygen atoms in total. The van der Waals surface area contributed by atoms with E-state index in [0.717, 1.165) is 149 Å². The summed E-state index contributed by atoms with van der Waals surface area (Å²) in [6.45, 7) is 18.4. The molecule has 5 saturated heterocycles. The molecule has 488 valence electrons. The number of fused-ring (bicyclic) bond motifs is 4. The van der Waals surface area contributed by atoms with Crippen LogP contribution in [-0.2, 0) is 38.6 Å². The van der Waals surface area contributed by atoms with E-state index in [2.05, 4.69) is 40.3 Å². The maximum absolute atomic E-state index is 14.7. The third-order valence-corrected chi connectivity index (χ3v) is 19.7. The molecule has 2 aliphatic carbocycles. The van der Waals surface area contributed by atoms with Crippen LogP contribution in [0.2, 0.25) is 0 Å². The number of aromatic amines is 1. The minimum absolute atomic E-state index is 0.0231. The summed E-state index contributed by atoms with van der Waals surface area (Å²) in [6, 6.07) is 20.1. The first-order valence-corrected chi connectivity index (χ1v) is 33.3. The number of aryl methyl sites for hydroxylation is 1. The van der Waals surface area contributed by atoms with Gasteiger partial charge in [-0.15, -0.1) is 0 Å². The van der Waals surface area contributed by atoms with Crippen LogP contribution >= 0.6 is 0 Å². The van der Waals surface area contributed by atoms with Crippen LogP contribution < -0.4 is 30.6 Å². The Morgan fingerprint density at radius 2 is 1.56 bits per heavy atom. The van der Waals surface area contributed by atoms with E-state index in [0.29, 0.717) is 81.7 Å². The smallest absolute Gasteiger partial charge is 0.411 e. The molecule has 0 spiro atoms. The Labute approximate surface area is 534 Å². The van der Waals surface area contributed by atoms with Crippen molar-refractivity contribution in [2.24, 2.45) is 5.92 Å². The van der Waals surface area contributed by atoms with Crippen molar-refractivity contribution < 1.29 is 42.9 Å². The molecule has 2 saturated carbocycles. The van der Waals surface area contributed by atoms with Crippen LogP contribution in [0.5, 0.6) is 11.5 Å². The second kappa shape index (κ2) is 28.5. The first-order chi connectivity index (χ1) is 43.9. The number of likely N-dealkylation sites (tertiary alicyclic amines) is 1. The van der Waals surface area contributed by atoms with E-state index < -0.39 is 23.3 Å². The van der Waals surface area contributed by atoms with Crippen LogP contribution in [0.1, 0.15) is 154 Å². The summed E-state index contributed by atoms with van der Waals surface area (Å²) in [5.74, 6) is 0.489. The van der Waals surface area contributed by atoms with E-state index in [9.17, 15) is 28.8 Å². The van der Waals surface area contributed by atoms with E-state index >= 15 is 0 Å². The van der Waals surface area contributed by atoms with Crippen LogP contribution in [0.4, 0.5) is 10.5 Å². The number of benzene rings is 2. The van der Waals surface area contributed by atoms with Crippen LogP contribution in [0.25, 0.3) is 11.0 Å². The molecule has 7 aliphatic rings. The Balaban J connectivity index is 0.641. The van der Waals surface area contributed by atoms with Crippen molar-refractivity contribution in [3.8, 4) is 11.5 Å². The number of hydrogen-bond donors (Lipinski definition) is 3. The molecule has 8 heterocycles. The highest BCUT2D eigenvalue weighted by molar-refractivity contribution is 5.98. The summed E-state index contributed by atoms with van der Waals surface area (Å²) in [5.41, 5.74) is 5.28. The van der Waals surface area contributed by atoms with Gasteiger partial charge in [-0.1, -0.05) is 38.3 Å². The van der Waals surface area contributed by atoms with Gasteiger partial charge >= 0.3 is 6.09 Å². The molecule has 2 aromatic carbocycles. The van der Waals surface area contributed by atoms with E-state index in [1.165, 1.54) is 4.90 Å². The van der Waals surface area contributed by atoms with Crippen molar-refractivity contribution in [2.45, 2.75) is 153 Å². The number of carbonyl (C=O) groups is 5. The molecule has 7 fully saturated rings. The largest absolute Gasteiger partial charge is 0.497 e. The molecule has 12 rings (SSSR count). The molecule has 5 amide bonds. The molecular weight excluding hydrogens is 1150 g/mol. The van der Waals surface area contributed by atoms with Crippen molar-refractivity contribution in [1.82, 2.24) is 50.1 Å². The molecule has 2 bridgehead atoms. The molecule has 21 heteroatoms. The number of piperidine rings is 1. The lowest BCUT2D eigenvalue weighted by atomic mass is 9.70. The summed E-state index contributed by atoms with van der Waals surface area (Å²) in [6.07, 6.45) is 13.5. The molecule has 0 radical (unpaired) electrons. The fourth-order valence-electron chi connectivity index (χ4n) is 14.4. The van der Waals surface area contributed by atoms with Gasteiger partial charge < -0.3 is 49.3 Å². The standard InChI is InChI=1S/C70H93N11O10/c1-7-49-38-58-59(73-63(49)83)36-48(40-71-58)42-76-28-32-78(33-29-76)55-20-22-57(72-41-55)65(85)75-69-23-25-70(26-24-69,90-47-69)46-77-30-34-79(35-31-77)66(86)62(50-14-10-9-11-15-50)74-64(84)52-17-12-16-51(37-52)53-18-13-27-80(43-53)61(82)45-81(67(87)91-68(3,4)5)44-54-19-21-56(88-6)39-60(54)89-8-2/h12,16-17,19-22,36-41,50,53,62H,7-11,13-15,18,23-35,42-47H2,1-6H3,(H,73,83)(H,74,84)(H,75,85). The lowest BCUT2D eigenvalue weighted by molar-refractivity contribution is -0.171. The van der Waals surface area contributed by atoms with Crippen LogP contribution in [0.15, 0.2) is 83.9 Å². The zero-order valence-electron chi connectivity index (χ0n) is 54.2. The number of hydrogen-bond acceptors (Lipinski definition) is 15.